The highest BCUT2D eigenvalue weighted by Gasteiger charge is 2.07. The van der Waals surface area contributed by atoms with E-state index in [-0.39, 0.29) is 11.9 Å². The van der Waals surface area contributed by atoms with E-state index in [1.807, 2.05) is 18.2 Å². The summed E-state index contributed by atoms with van der Waals surface area (Å²) in [6, 6.07) is 13.4. The zero-order valence-corrected chi connectivity index (χ0v) is 13.6. The van der Waals surface area contributed by atoms with Crippen molar-refractivity contribution in [1.29, 1.82) is 0 Å². The van der Waals surface area contributed by atoms with Crippen molar-refractivity contribution < 1.29 is 4.39 Å². The van der Waals surface area contributed by atoms with Gasteiger partial charge in [0.25, 0.3) is 0 Å². The molecule has 0 spiro atoms. The highest BCUT2D eigenvalue weighted by molar-refractivity contribution is 9.10. The van der Waals surface area contributed by atoms with Crippen molar-refractivity contribution in [3.05, 3.63) is 68.4 Å². The molecule has 2 aromatic rings. The van der Waals surface area contributed by atoms with E-state index in [4.69, 9.17) is 0 Å². The highest BCUT2D eigenvalue weighted by atomic mass is 79.9. The van der Waals surface area contributed by atoms with Crippen molar-refractivity contribution in [2.45, 2.75) is 19.5 Å². The number of hydrogen-bond acceptors (Lipinski definition) is 1. The summed E-state index contributed by atoms with van der Waals surface area (Å²) in [7, 11) is 0. The molecular formula is C15H14Br2FN. The molecule has 0 aliphatic carbocycles. The summed E-state index contributed by atoms with van der Waals surface area (Å²) in [5.41, 5.74) is 1.85. The summed E-state index contributed by atoms with van der Waals surface area (Å²) in [4.78, 5) is 0. The van der Waals surface area contributed by atoms with E-state index in [1.165, 1.54) is 11.6 Å². The Morgan fingerprint density at radius 2 is 1.68 bits per heavy atom. The molecule has 0 heterocycles. The quantitative estimate of drug-likeness (QED) is 0.761. The molecule has 0 aromatic heterocycles. The van der Waals surface area contributed by atoms with E-state index in [0.717, 1.165) is 8.95 Å². The van der Waals surface area contributed by atoms with Gasteiger partial charge in [-0.15, -0.1) is 0 Å². The maximum absolute atomic E-state index is 13.7. The second kappa shape index (κ2) is 6.64. The predicted molar refractivity (Wildman–Crippen MR) is 83.5 cm³/mol. The second-order valence-corrected chi connectivity index (χ2v) is 6.22. The van der Waals surface area contributed by atoms with Gasteiger partial charge in [0.05, 0.1) is 0 Å². The van der Waals surface area contributed by atoms with Crippen molar-refractivity contribution in [3.63, 3.8) is 0 Å². The SMILES string of the molecule is C[C@H](NCc1ccc(Br)cc1F)c1ccc(Br)cc1. The second-order valence-electron chi connectivity index (χ2n) is 4.39. The number of halogens is 3. The van der Waals surface area contributed by atoms with Crippen molar-refractivity contribution in [1.82, 2.24) is 5.32 Å². The maximum atomic E-state index is 13.7. The van der Waals surface area contributed by atoms with Gasteiger partial charge in [0, 0.05) is 27.1 Å². The van der Waals surface area contributed by atoms with Crippen molar-refractivity contribution >= 4 is 31.9 Å². The molecule has 100 valence electrons. The van der Waals surface area contributed by atoms with Crippen LogP contribution in [0.3, 0.4) is 0 Å². The van der Waals surface area contributed by atoms with Crippen LogP contribution in [-0.4, -0.2) is 0 Å². The number of hydrogen-bond donors (Lipinski definition) is 1. The first-order chi connectivity index (χ1) is 9.06. The lowest BCUT2D eigenvalue weighted by atomic mass is 10.1. The average molecular weight is 387 g/mol. The third-order valence-corrected chi connectivity index (χ3v) is 4.01. The first-order valence-corrected chi connectivity index (χ1v) is 7.57. The molecule has 1 nitrogen and oxygen atoms in total. The van der Waals surface area contributed by atoms with Gasteiger partial charge in [-0.3, -0.25) is 0 Å². The van der Waals surface area contributed by atoms with Gasteiger partial charge in [-0.2, -0.15) is 0 Å². The van der Waals surface area contributed by atoms with E-state index in [2.05, 4.69) is 56.2 Å². The topological polar surface area (TPSA) is 12.0 Å². The van der Waals surface area contributed by atoms with E-state index in [1.54, 1.807) is 6.07 Å². The smallest absolute Gasteiger partial charge is 0.128 e. The molecule has 0 saturated carbocycles. The molecule has 19 heavy (non-hydrogen) atoms. The summed E-state index contributed by atoms with van der Waals surface area (Å²) in [5, 5.41) is 3.32. The lowest BCUT2D eigenvalue weighted by molar-refractivity contribution is 0.544. The van der Waals surface area contributed by atoms with Crippen LogP contribution in [0.5, 0.6) is 0 Å². The van der Waals surface area contributed by atoms with Crippen LogP contribution in [0.25, 0.3) is 0 Å². The molecule has 0 saturated heterocycles. The number of rotatable bonds is 4. The molecule has 1 atom stereocenters. The molecule has 1 N–H and O–H groups in total. The summed E-state index contributed by atoms with van der Waals surface area (Å²) < 4.78 is 15.5. The first-order valence-electron chi connectivity index (χ1n) is 5.99. The van der Waals surface area contributed by atoms with Gasteiger partial charge in [-0.1, -0.05) is 50.1 Å². The molecule has 4 heteroatoms. The summed E-state index contributed by atoms with van der Waals surface area (Å²) in [5.74, 6) is -0.190. The molecule has 0 unspecified atom stereocenters. The average Bonchev–Trinajstić information content (AvgIpc) is 2.38. The molecule has 2 rings (SSSR count). The molecule has 0 bridgehead atoms. The van der Waals surface area contributed by atoms with Gasteiger partial charge in [0.2, 0.25) is 0 Å². The van der Waals surface area contributed by atoms with E-state index >= 15 is 0 Å². The van der Waals surface area contributed by atoms with Gasteiger partial charge in [0.15, 0.2) is 0 Å². The molecular weight excluding hydrogens is 373 g/mol. The van der Waals surface area contributed by atoms with Crippen molar-refractivity contribution in [2.75, 3.05) is 0 Å². The zero-order valence-electron chi connectivity index (χ0n) is 10.5. The van der Waals surface area contributed by atoms with Crippen LogP contribution < -0.4 is 5.32 Å². The van der Waals surface area contributed by atoms with Crippen molar-refractivity contribution in [3.8, 4) is 0 Å². The largest absolute Gasteiger partial charge is 0.306 e. The summed E-state index contributed by atoms with van der Waals surface area (Å²) in [6.45, 7) is 2.58. The fourth-order valence-corrected chi connectivity index (χ4v) is 2.39. The van der Waals surface area contributed by atoms with E-state index in [0.29, 0.717) is 12.1 Å². The van der Waals surface area contributed by atoms with Gasteiger partial charge in [0.1, 0.15) is 5.82 Å². The van der Waals surface area contributed by atoms with Crippen LogP contribution in [-0.2, 0) is 6.54 Å². The Bertz CT molecular complexity index is 555. The summed E-state index contributed by atoms with van der Waals surface area (Å²) >= 11 is 6.67. The van der Waals surface area contributed by atoms with Crippen LogP contribution in [0.2, 0.25) is 0 Å². The molecule has 2 aromatic carbocycles. The van der Waals surface area contributed by atoms with Crippen LogP contribution in [0.15, 0.2) is 51.4 Å². The zero-order chi connectivity index (χ0) is 13.8. The molecule has 0 aliphatic rings. The lowest BCUT2D eigenvalue weighted by Gasteiger charge is -2.15. The van der Waals surface area contributed by atoms with Crippen LogP contribution in [0, 0.1) is 5.82 Å². The third-order valence-electron chi connectivity index (χ3n) is 2.98. The normalized spacial score (nSPS) is 12.4. The van der Waals surface area contributed by atoms with Gasteiger partial charge >= 0.3 is 0 Å². The Labute approximate surface area is 129 Å². The standard InChI is InChI=1S/C15H14Br2FN/c1-10(11-2-5-13(16)6-3-11)19-9-12-4-7-14(17)8-15(12)18/h2-8,10,19H,9H2,1H3/t10-/m0/s1. The van der Waals surface area contributed by atoms with Crippen LogP contribution in [0.1, 0.15) is 24.1 Å². The molecule has 0 fully saturated rings. The van der Waals surface area contributed by atoms with Gasteiger partial charge in [-0.05, 0) is 36.8 Å². The van der Waals surface area contributed by atoms with Crippen molar-refractivity contribution in [2.24, 2.45) is 0 Å². The molecule has 0 amide bonds. The minimum absolute atomic E-state index is 0.177. The Hall–Kier alpha value is -0.710. The molecule has 0 radical (unpaired) electrons. The van der Waals surface area contributed by atoms with Crippen LogP contribution in [0.4, 0.5) is 4.39 Å². The van der Waals surface area contributed by atoms with Gasteiger partial charge < -0.3 is 5.32 Å². The Morgan fingerprint density at radius 3 is 2.32 bits per heavy atom. The Balaban J connectivity index is 2.00. The number of nitrogens with one attached hydrogen (secondary N) is 1. The minimum atomic E-state index is -0.190. The minimum Gasteiger partial charge on any atom is -0.306 e. The first kappa shape index (κ1) is 14.7. The lowest BCUT2D eigenvalue weighted by Crippen LogP contribution is -2.18. The Kier molecular flexibility index (Phi) is 5.13. The van der Waals surface area contributed by atoms with Gasteiger partial charge in [-0.25, -0.2) is 4.39 Å². The monoisotopic (exact) mass is 385 g/mol. The van der Waals surface area contributed by atoms with Crippen LogP contribution >= 0.6 is 31.9 Å². The fraction of sp³-hybridized carbons (Fsp3) is 0.200. The predicted octanol–water partition coefficient (Wildman–Crippen LogP) is 5.20. The summed E-state index contributed by atoms with van der Waals surface area (Å²) in [6.07, 6.45) is 0. The fourth-order valence-electron chi connectivity index (χ4n) is 1.80. The molecule has 0 aliphatic heterocycles. The number of benzene rings is 2. The maximum Gasteiger partial charge on any atom is 0.128 e. The van der Waals surface area contributed by atoms with E-state index in [9.17, 15) is 4.39 Å². The van der Waals surface area contributed by atoms with E-state index < -0.39 is 0 Å². The third kappa shape index (κ3) is 4.13. The Morgan fingerprint density at radius 1 is 1.05 bits per heavy atom. The highest BCUT2D eigenvalue weighted by Crippen LogP contribution is 2.19.